The van der Waals surface area contributed by atoms with E-state index >= 15 is 0 Å². The lowest BCUT2D eigenvalue weighted by Gasteiger charge is -2.73. The van der Waals surface area contributed by atoms with Crippen LogP contribution in [0.4, 0.5) is 0 Å². The zero-order valence-electron chi connectivity index (χ0n) is 46.3. The number of hydrogen-bond donors (Lipinski definition) is 7. The first-order valence-electron chi connectivity index (χ1n) is 26.8. The monoisotopic (exact) mass is 1080 g/mol. The predicted molar refractivity (Wildman–Crippen MR) is 264 cm³/mol. The van der Waals surface area contributed by atoms with Gasteiger partial charge in [0, 0.05) is 23.3 Å². The molecule has 5 aliphatic carbocycles. The zero-order chi connectivity index (χ0) is 56.6. The van der Waals surface area contributed by atoms with Gasteiger partial charge in [0.25, 0.3) is 0 Å². The van der Waals surface area contributed by atoms with Crippen molar-refractivity contribution in [2.24, 2.45) is 56.2 Å². The van der Waals surface area contributed by atoms with Gasteiger partial charge in [-0.05, 0) is 94.3 Å². The molecule has 4 saturated carbocycles. The van der Waals surface area contributed by atoms with Crippen LogP contribution in [0.5, 0.6) is 0 Å². The average molecular weight is 1080 g/mol. The number of carbonyl (C=O) groups excluding carboxylic acids is 5. The molecule has 21 nitrogen and oxygen atoms in total. The first kappa shape index (κ1) is 60.0. The minimum absolute atomic E-state index is 0.162. The molecule has 7 unspecified atom stereocenters. The van der Waals surface area contributed by atoms with E-state index in [2.05, 4.69) is 19.9 Å². The van der Waals surface area contributed by atoms with Crippen LogP contribution in [-0.4, -0.2) is 179 Å². The topological polar surface area (TPSA) is 310 Å². The van der Waals surface area contributed by atoms with Gasteiger partial charge in [-0.15, -0.1) is 0 Å². The van der Waals surface area contributed by atoms with Crippen LogP contribution in [-0.2, 0) is 66.6 Å². The Hall–Kier alpha value is -3.61. The van der Waals surface area contributed by atoms with Gasteiger partial charge in [-0.25, -0.2) is 9.59 Å². The highest BCUT2D eigenvalue weighted by atomic mass is 16.7. The first-order chi connectivity index (χ1) is 35.5. The van der Waals surface area contributed by atoms with Crippen LogP contribution < -0.4 is 0 Å². The van der Waals surface area contributed by atoms with E-state index in [1.165, 1.54) is 14.0 Å². The molecule has 76 heavy (non-hydrogen) atoms. The van der Waals surface area contributed by atoms with Gasteiger partial charge in [-0.3, -0.25) is 14.4 Å². The maximum Gasteiger partial charge on any atom is 0.337 e. The third kappa shape index (κ3) is 9.25. The number of esters is 5. The number of rotatable bonds is 13. The number of carbonyl (C=O) groups is 5. The van der Waals surface area contributed by atoms with Gasteiger partial charge in [-0.1, -0.05) is 66.2 Å². The van der Waals surface area contributed by atoms with Crippen molar-refractivity contribution in [1.29, 1.82) is 0 Å². The lowest BCUT2D eigenvalue weighted by Crippen LogP contribution is -2.77. The lowest BCUT2D eigenvalue weighted by molar-refractivity contribution is -0.357. The normalized spacial score (nSPS) is 46.2. The van der Waals surface area contributed by atoms with Crippen molar-refractivity contribution in [2.75, 3.05) is 27.4 Å². The summed E-state index contributed by atoms with van der Waals surface area (Å²) in [6, 6.07) is 0. The molecule has 430 valence electrons. The summed E-state index contributed by atoms with van der Waals surface area (Å²) in [5.74, 6) is -5.80. The minimum Gasteiger partial charge on any atom is -0.469 e. The SMILES string of the molecule is C/C=C(/C)C(=O)O[C@H]1C(OC(=O)C(C)CC)[C@]2(CO)C(OC(C)=O)C(O)C3(C)C(=CCC4[C@@]5(C)CC[C@H](O[C@@H]6O[C@H](C(=O)OC)[C@@H](O)[C@H](O[C@@H]7OC[C@H](O)[C@H](O)[C@H]7O)[C@H]6O)[C@@](C)(C(=O)OC)C5CC[C@]43C)[C@@H]2CC1(C)C. The third-order valence-corrected chi connectivity index (χ3v) is 20.2. The number of fused-ring (bicyclic) bond motifs is 7. The molecular weight excluding hydrogens is 997 g/mol. The van der Waals surface area contributed by atoms with Crippen molar-refractivity contribution in [2.45, 2.75) is 207 Å². The summed E-state index contributed by atoms with van der Waals surface area (Å²) in [5, 5.41) is 79.8. The van der Waals surface area contributed by atoms with E-state index in [4.69, 9.17) is 42.6 Å². The second-order valence-electron chi connectivity index (χ2n) is 24.3. The fraction of sp³-hybridized carbons (Fsp3) is 0.836. The minimum atomic E-state index is -1.92. The second-order valence-corrected chi connectivity index (χ2v) is 24.3. The molecule has 0 amide bonds. The van der Waals surface area contributed by atoms with Crippen molar-refractivity contribution < 1.29 is 102 Å². The molecule has 7 rings (SSSR count). The van der Waals surface area contributed by atoms with E-state index in [1.54, 1.807) is 33.8 Å². The molecule has 2 saturated heterocycles. The van der Waals surface area contributed by atoms with E-state index in [9.17, 15) is 59.7 Å². The summed E-state index contributed by atoms with van der Waals surface area (Å²) in [5.41, 5.74) is -5.77. The third-order valence-electron chi connectivity index (χ3n) is 20.2. The van der Waals surface area contributed by atoms with Gasteiger partial charge >= 0.3 is 29.8 Å². The number of aliphatic hydroxyl groups excluding tert-OH is 7. The quantitative estimate of drug-likeness (QED) is 0.0458. The maximum atomic E-state index is 14.6. The van der Waals surface area contributed by atoms with Crippen LogP contribution in [0.25, 0.3) is 0 Å². The first-order valence-corrected chi connectivity index (χ1v) is 26.8. The molecule has 2 heterocycles. The molecule has 7 aliphatic rings. The van der Waals surface area contributed by atoms with Gasteiger partial charge in [0.05, 0.1) is 50.3 Å². The molecule has 0 aromatic heterocycles. The molecule has 0 spiro atoms. The molecule has 6 fully saturated rings. The van der Waals surface area contributed by atoms with E-state index in [1.807, 2.05) is 27.7 Å². The lowest BCUT2D eigenvalue weighted by atomic mass is 9.32. The molecule has 2 aliphatic heterocycles. The van der Waals surface area contributed by atoms with Gasteiger partial charge in [0.2, 0.25) is 0 Å². The predicted octanol–water partition coefficient (Wildman–Crippen LogP) is 2.33. The van der Waals surface area contributed by atoms with Gasteiger partial charge in [0.15, 0.2) is 24.8 Å². The highest BCUT2D eigenvalue weighted by Gasteiger charge is 2.78. The van der Waals surface area contributed by atoms with Gasteiger partial charge in [0.1, 0.15) is 54.9 Å². The van der Waals surface area contributed by atoms with Crippen LogP contribution in [0, 0.1) is 56.2 Å². The molecule has 0 radical (unpaired) electrons. The number of methoxy groups -OCH3 is 2. The molecule has 0 aromatic rings. The number of aliphatic hydroxyl groups is 7. The molecule has 0 aromatic carbocycles. The van der Waals surface area contributed by atoms with Gasteiger partial charge in [-0.2, -0.15) is 0 Å². The molecule has 7 N–H and O–H groups in total. The number of ether oxygens (including phenoxy) is 9. The van der Waals surface area contributed by atoms with Crippen molar-refractivity contribution in [3.05, 3.63) is 23.3 Å². The van der Waals surface area contributed by atoms with Crippen molar-refractivity contribution in [3.8, 4) is 0 Å². The van der Waals surface area contributed by atoms with Crippen LogP contribution in [0.3, 0.4) is 0 Å². The van der Waals surface area contributed by atoms with Crippen molar-refractivity contribution in [3.63, 3.8) is 0 Å². The second kappa shape index (κ2) is 21.8. The highest BCUT2D eigenvalue weighted by molar-refractivity contribution is 5.88. The number of hydrogen-bond acceptors (Lipinski definition) is 21. The Morgan fingerprint density at radius 3 is 2.07 bits per heavy atom. The van der Waals surface area contributed by atoms with E-state index in [-0.39, 0.29) is 18.8 Å². The molecule has 21 heteroatoms. The van der Waals surface area contributed by atoms with Crippen molar-refractivity contribution >= 4 is 29.8 Å². The fourth-order valence-electron chi connectivity index (χ4n) is 15.4. The summed E-state index contributed by atoms with van der Waals surface area (Å²) >= 11 is 0. The van der Waals surface area contributed by atoms with E-state index < -0.39 is 179 Å². The Balaban J connectivity index is 1.29. The van der Waals surface area contributed by atoms with Crippen molar-refractivity contribution in [1.82, 2.24) is 0 Å². The standard InChI is InChI=1S/C55H84O21/c1-14-25(3)44(64)75-42-43(76-45(65)26(4)15-2)55(24-56)29(22-50(42,6)7)28-16-17-31-51(8)20-19-33(53(10,49(67)69-13)32(51)18-21-52(31,9)54(28,11)40(63)41(55)71-27(5)57)72-48-37(62)38(36(61)39(74-48)46(66)68-12)73-47-35(60)34(59)30(58)23-70-47/h14,16,26,29-43,47-48,56,58-63H,15,17-24H2,1-13H3/b25-14-/t26?,29-,30-,31?,32?,33-,34-,35+,36-,37+,38-,39-,40?,41?,42-,43?,47-,48+,51+,52+,53-,54?,55-/m0/s1. The summed E-state index contributed by atoms with van der Waals surface area (Å²) < 4.78 is 53.4. The Bertz CT molecular complexity index is 2270. The maximum absolute atomic E-state index is 14.6. The molecular formula is C55H84O21. The molecule has 0 bridgehead atoms. The summed E-state index contributed by atoms with van der Waals surface area (Å²) in [4.78, 5) is 69.0. The van der Waals surface area contributed by atoms with Crippen LogP contribution in [0.2, 0.25) is 0 Å². The summed E-state index contributed by atoms with van der Waals surface area (Å²) in [6.07, 6.45) is -16.3. The largest absolute Gasteiger partial charge is 0.469 e. The van der Waals surface area contributed by atoms with Crippen LogP contribution in [0.15, 0.2) is 23.3 Å². The summed E-state index contributed by atoms with van der Waals surface area (Å²) in [6.45, 7) is 18.6. The number of allylic oxidation sites excluding steroid dienone is 2. The Labute approximate surface area is 444 Å². The summed E-state index contributed by atoms with van der Waals surface area (Å²) in [7, 11) is 2.32. The van der Waals surface area contributed by atoms with Crippen LogP contribution >= 0.6 is 0 Å². The van der Waals surface area contributed by atoms with E-state index in [0.29, 0.717) is 37.7 Å². The fourth-order valence-corrected chi connectivity index (χ4v) is 15.4. The Kier molecular flexibility index (Phi) is 17.2. The Morgan fingerprint density at radius 2 is 1.47 bits per heavy atom. The van der Waals surface area contributed by atoms with E-state index in [0.717, 1.165) is 12.7 Å². The van der Waals surface area contributed by atoms with Gasteiger partial charge < -0.3 is 78.4 Å². The smallest absolute Gasteiger partial charge is 0.337 e. The highest BCUT2D eigenvalue weighted by Crippen LogP contribution is 2.76. The zero-order valence-corrected chi connectivity index (χ0v) is 46.3. The Morgan fingerprint density at radius 1 is 0.803 bits per heavy atom. The van der Waals surface area contributed by atoms with Crippen LogP contribution in [0.1, 0.15) is 121 Å². The molecule has 23 atom stereocenters. The average Bonchev–Trinajstić information content (AvgIpc) is 3.38.